The molecule has 1 saturated heterocycles. The number of rotatable bonds is 4. The summed E-state index contributed by atoms with van der Waals surface area (Å²) in [6.45, 7) is 0.672. The van der Waals surface area contributed by atoms with Crippen molar-refractivity contribution in [2.75, 3.05) is 11.9 Å². The van der Waals surface area contributed by atoms with E-state index >= 15 is 0 Å². The van der Waals surface area contributed by atoms with E-state index in [0.717, 1.165) is 6.42 Å². The number of nitrogens with one attached hydrogen (secondary N) is 2. The molecule has 108 valence electrons. The normalized spacial score (nSPS) is 25.4. The van der Waals surface area contributed by atoms with Gasteiger partial charge < -0.3 is 15.2 Å². The minimum Gasteiger partial charge on any atom is -0.478 e. The monoisotopic (exact) mass is 296 g/mol. The zero-order chi connectivity index (χ0) is 14.1. The molecule has 1 aromatic rings. The van der Waals surface area contributed by atoms with E-state index in [2.05, 4.69) is 10.6 Å². The first-order valence-electron chi connectivity index (χ1n) is 6.65. The van der Waals surface area contributed by atoms with E-state index < -0.39 is 5.97 Å². The fourth-order valence-electron chi connectivity index (χ4n) is 2.54. The van der Waals surface area contributed by atoms with Gasteiger partial charge in [-0.25, -0.2) is 9.59 Å². The average molecular weight is 296 g/mol. The van der Waals surface area contributed by atoms with Crippen LogP contribution in [0.1, 0.15) is 29.6 Å². The molecule has 1 aromatic heterocycles. The van der Waals surface area contributed by atoms with Crippen LogP contribution < -0.4 is 10.6 Å². The topological polar surface area (TPSA) is 87.7 Å². The highest BCUT2D eigenvalue weighted by Gasteiger charge is 2.41. The lowest BCUT2D eigenvalue weighted by atomic mass is 10.1. The third kappa shape index (κ3) is 2.78. The number of ether oxygens (including phenoxy) is 1. The zero-order valence-electron chi connectivity index (χ0n) is 10.8. The molecular formula is C13H16N2O4S. The van der Waals surface area contributed by atoms with Gasteiger partial charge >= 0.3 is 12.0 Å². The molecule has 0 radical (unpaired) electrons. The molecule has 3 N–H and O–H groups in total. The highest BCUT2D eigenvalue weighted by Crippen LogP contribution is 2.38. The molecule has 1 aliphatic heterocycles. The number of thiophene rings is 1. The lowest BCUT2D eigenvalue weighted by Gasteiger charge is -2.19. The summed E-state index contributed by atoms with van der Waals surface area (Å²) in [6, 6.07) is 1.14. The predicted molar refractivity (Wildman–Crippen MR) is 74.3 cm³/mol. The Kier molecular flexibility index (Phi) is 3.62. The van der Waals surface area contributed by atoms with Gasteiger partial charge in [0.2, 0.25) is 0 Å². The first-order chi connectivity index (χ1) is 9.65. The Hall–Kier alpha value is -1.60. The van der Waals surface area contributed by atoms with E-state index in [1.165, 1.54) is 30.2 Å². The summed E-state index contributed by atoms with van der Waals surface area (Å²) in [5.41, 5.74) is 0.117. The number of hydrogen-bond donors (Lipinski definition) is 3. The van der Waals surface area contributed by atoms with Gasteiger partial charge in [-0.3, -0.25) is 5.32 Å². The quantitative estimate of drug-likeness (QED) is 0.794. The van der Waals surface area contributed by atoms with Gasteiger partial charge in [0.05, 0.1) is 17.7 Å². The molecule has 2 atom stereocenters. The number of carbonyl (C=O) groups is 2. The van der Waals surface area contributed by atoms with Crippen molar-refractivity contribution in [2.45, 2.75) is 31.4 Å². The first-order valence-corrected chi connectivity index (χ1v) is 7.53. The highest BCUT2D eigenvalue weighted by molar-refractivity contribution is 7.14. The SMILES string of the molecule is O=C(Nc1sccc1C(=O)O)NC1CCOC1C1CC1. The van der Waals surface area contributed by atoms with Crippen molar-refractivity contribution < 1.29 is 19.4 Å². The van der Waals surface area contributed by atoms with E-state index in [0.29, 0.717) is 17.5 Å². The molecule has 0 bridgehead atoms. The third-order valence-electron chi connectivity index (χ3n) is 3.66. The molecule has 7 heteroatoms. The fraction of sp³-hybridized carbons (Fsp3) is 0.538. The second-order valence-electron chi connectivity index (χ2n) is 5.14. The Morgan fingerprint density at radius 2 is 2.15 bits per heavy atom. The van der Waals surface area contributed by atoms with Crippen molar-refractivity contribution >= 4 is 28.3 Å². The van der Waals surface area contributed by atoms with E-state index in [1.54, 1.807) is 5.38 Å². The minimum atomic E-state index is -1.04. The van der Waals surface area contributed by atoms with E-state index in [-0.39, 0.29) is 23.7 Å². The summed E-state index contributed by atoms with van der Waals surface area (Å²) in [5.74, 6) is -0.472. The average Bonchev–Trinajstić information content (AvgIpc) is 2.95. The molecule has 3 rings (SSSR count). The lowest BCUT2D eigenvalue weighted by molar-refractivity contribution is 0.0698. The second-order valence-corrected chi connectivity index (χ2v) is 6.05. The fourth-order valence-corrected chi connectivity index (χ4v) is 3.31. The third-order valence-corrected chi connectivity index (χ3v) is 4.49. The van der Waals surface area contributed by atoms with Crippen molar-refractivity contribution in [3.63, 3.8) is 0 Å². The molecular weight excluding hydrogens is 280 g/mol. The molecule has 2 heterocycles. The van der Waals surface area contributed by atoms with Crippen LogP contribution in [0.25, 0.3) is 0 Å². The molecule has 6 nitrogen and oxygen atoms in total. The standard InChI is InChI=1S/C13H16N2O4S/c16-12(17)8-4-6-20-11(8)15-13(18)14-9-3-5-19-10(9)7-1-2-7/h4,6-7,9-10H,1-3,5H2,(H,16,17)(H2,14,15,18). The molecule has 0 aromatic carbocycles. The Labute approximate surface area is 120 Å². The van der Waals surface area contributed by atoms with Gasteiger partial charge in [-0.2, -0.15) is 0 Å². The van der Waals surface area contributed by atoms with E-state index in [4.69, 9.17) is 9.84 Å². The number of hydrogen-bond acceptors (Lipinski definition) is 4. The van der Waals surface area contributed by atoms with Gasteiger partial charge in [0.1, 0.15) is 5.00 Å². The number of anilines is 1. The molecule has 2 fully saturated rings. The first kappa shape index (κ1) is 13.4. The van der Waals surface area contributed by atoms with E-state index in [1.807, 2.05) is 0 Å². The zero-order valence-corrected chi connectivity index (χ0v) is 11.6. The summed E-state index contributed by atoms with van der Waals surface area (Å²) in [7, 11) is 0. The maximum absolute atomic E-state index is 12.0. The Bertz CT molecular complexity index is 526. The summed E-state index contributed by atoms with van der Waals surface area (Å²) < 4.78 is 5.65. The van der Waals surface area contributed by atoms with Gasteiger partial charge in [0.15, 0.2) is 0 Å². The molecule has 2 amide bonds. The summed E-state index contributed by atoms with van der Waals surface area (Å²) in [6.07, 6.45) is 3.25. The maximum Gasteiger partial charge on any atom is 0.338 e. The van der Waals surface area contributed by atoms with Crippen molar-refractivity contribution in [2.24, 2.45) is 5.92 Å². The number of amides is 2. The van der Waals surface area contributed by atoms with Gasteiger partial charge in [0.25, 0.3) is 0 Å². The Morgan fingerprint density at radius 1 is 1.35 bits per heavy atom. The van der Waals surface area contributed by atoms with Crippen molar-refractivity contribution in [3.8, 4) is 0 Å². The lowest BCUT2D eigenvalue weighted by Crippen LogP contribution is -2.43. The molecule has 2 unspecified atom stereocenters. The van der Waals surface area contributed by atoms with E-state index in [9.17, 15) is 9.59 Å². The van der Waals surface area contributed by atoms with Gasteiger partial charge in [-0.05, 0) is 36.6 Å². The number of carboxylic acid groups (broad SMARTS) is 1. The summed E-state index contributed by atoms with van der Waals surface area (Å²) >= 11 is 1.20. The van der Waals surface area contributed by atoms with Crippen LogP contribution in [0.15, 0.2) is 11.4 Å². The molecule has 1 saturated carbocycles. The van der Waals surface area contributed by atoms with Gasteiger partial charge in [-0.1, -0.05) is 0 Å². The van der Waals surface area contributed by atoms with Crippen LogP contribution in [-0.2, 0) is 4.74 Å². The molecule has 2 aliphatic rings. The Balaban J connectivity index is 1.59. The van der Waals surface area contributed by atoms with Crippen LogP contribution >= 0.6 is 11.3 Å². The van der Waals surface area contributed by atoms with Gasteiger partial charge in [0, 0.05) is 6.61 Å². The predicted octanol–water partition coefficient (Wildman–Crippen LogP) is 2.14. The maximum atomic E-state index is 12.0. The smallest absolute Gasteiger partial charge is 0.338 e. The highest BCUT2D eigenvalue weighted by atomic mass is 32.1. The molecule has 0 spiro atoms. The minimum absolute atomic E-state index is 0.0238. The van der Waals surface area contributed by atoms with Crippen LogP contribution in [-0.4, -0.2) is 35.9 Å². The van der Waals surface area contributed by atoms with Crippen molar-refractivity contribution in [1.82, 2.24) is 5.32 Å². The van der Waals surface area contributed by atoms with Crippen LogP contribution in [0.2, 0.25) is 0 Å². The van der Waals surface area contributed by atoms with Crippen LogP contribution in [0, 0.1) is 5.92 Å². The summed E-state index contributed by atoms with van der Waals surface area (Å²) in [4.78, 5) is 22.9. The summed E-state index contributed by atoms with van der Waals surface area (Å²) in [5, 5.41) is 16.5. The van der Waals surface area contributed by atoms with Crippen LogP contribution in [0.3, 0.4) is 0 Å². The number of aromatic carboxylic acids is 1. The number of carboxylic acids is 1. The van der Waals surface area contributed by atoms with Crippen molar-refractivity contribution in [1.29, 1.82) is 0 Å². The van der Waals surface area contributed by atoms with Crippen LogP contribution in [0.4, 0.5) is 9.80 Å². The molecule has 1 aliphatic carbocycles. The second kappa shape index (κ2) is 5.41. The number of carbonyl (C=O) groups excluding carboxylic acids is 1. The largest absolute Gasteiger partial charge is 0.478 e. The molecule has 20 heavy (non-hydrogen) atoms. The van der Waals surface area contributed by atoms with Crippen LogP contribution in [0.5, 0.6) is 0 Å². The Morgan fingerprint density at radius 3 is 2.85 bits per heavy atom. The van der Waals surface area contributed by atoms with Gasteiger partial charge in [-0.15, -0.1) is 11.3 Å². The van der Waals surface area contributed by atoms with Crippen molar-refractivity contribution in [3.05, 3.63) is 17.0 Å². The number of urea groups is 1.